The Morgan fingerprint density at radius 2 is 1.70 bits per heavy atom. The molecule has 0 aliphatic carbocycles. The minimum atomic E-state index is -0.284. The summed E-state index contributed by atoms with van der Waals surface area (Å²) < 4.78 is 5.01. The summed E-state index contributed by atoms with van der Waals surface area (Å²) in [6.45, 7) is 7.84. The summed E-state index contributed by atoms with van der Waals surface area (Å²) in [5, 5.41) is 0. The van der Waals surface area contributed by atoms with Crippen LogP contribution in [0.2, 0.25) is 0 Å². The van der Waals surface area contributed by atoms with Gasteiger partial charge >= 0.3 is 5.97 Å². The van der Waals surface area contributed by atoms with Crippen LogP contribution in [0.4, 0.5) is 0 Å². The molecule has 0 saturated carbocycles. The van der Waals surface area contributed by atoms with Gasteiger partial charge in [-0.15, -0.1) is 0 Å². The molecule has 0 N–H and O–H groups in total. The lowest BCUT2D eigenvalue weighted by atomic mass is 10.1. The van der Waals surface area contributed by atoms with Crippen LogP contribution in [0, 0.1) is 0 Å². The minimum absolute atomic E-state index is 0.284. The molecule has 2 nitrogen and oxygen atoms in total. The minimum Gasteiger partial charge on any atom is -0.427 e. The fraction of sp³-hybridized carbons (Fsp3) is 0.389. The molecule has 108 valence electrons. The van der Waals surface area contributed by atoms with E-state index in [1.165, 1.54) is 23.6 Å². The molecule has 0 aliphatic heterocycles. The second-order valence-electron chi connectivity index (χ2n) is 5.31. The molecule has 20 heavy (non-hydrogen) atoms. The van der Waals surface area contributed by atoms with Gasteiger partial charge in [0.1, 0.15) is 5.75 Å². The zero-order chi connectivity index (χ0) is 15.0. The molecule has 0 aromatic heterocycles. The number of allylic oxidation sites excluding steroid dienone is 4. The van der Waals surface area contributed by atoms with Crippen LogP contribution in [0.1, 0.15) is 46.1 Å². The molecule has 0 aliphatic rings. The summed E-state index contributed by atoms with van der Waals surface area (Å²) in [4.78, 5) is 10.8. The molecule has 2 heteroatoms. The quantitative estimate of drug-likeness (QED) is 0.420. The van der Waals surface area contributed by atoms with E-state index in [1.54, 1.807) is 0 Å². The molecule has 0 spiro atoms. The summed E-state index contributed by atoms with van der Waals surface area (Å²) >= 11 is 0. The highest BCUT2D eigenvalue weighted by Gasteiger charge is 1.98. The van der Waals surface area contributed by atoms with Crippen molar-refractivity contribution in [1.82, 2.24) is 0 Å². The lowest BCUT2D eigenvalue weighted by Crippen LogP contribution is -2.01. The molecule has 1 aromatic rings. The number of carbonyl (C=O) groups excluding carboxylic acids is 1. The van der Waals surface area contributed by atoms with Gasteiger partial charge in [-0.2, -0.15) is 0 Å². The Bertz CT molecular complexity index is 489. The predicted octanol–water partition coefficient (Wildman–Crippen LogP) is 4.85. The Morgan fingerprint density at radius 1 is 1.05 bits per heavy atom. The average molecular weight is 272 g/mol. The van der Waals surface area contributed by atoms with E-state index in [1.807, 2.05) is 24.3 Å². The van der Waals surface area contributed by atoms with Crippen LogP contribution in [0.25, 0.3) is 0 Å². The third-order valence-corrected chi connectivity index (χ3v) is 2.96. The van der Waals surface area contributed by atoms with Gasteiger partial charge in [-0.25, -0.2) is 0 Å². The largest absolute Gasteiger partial charge is 0.427 e. The van der Waals surface area contributed by atoms with Crippen LogP contribution in [-0.4, -0.2) is 5.97 Å². The van der Waals surface area contributed by atoms with Crippen LogP contribution in [0.3, 0.4) is 0 Å². The first-order valence-electron chi connectivity index (χ1n) is 7.03. The lowest BCUT2D eigenvalue weighted by Gasteiger charge is -2.03. The van der Waals surface area contributed by atoms with Crippen LogP contribution >= 0.6 is 0 Å². The first-order valence-corrected chi connectivity index (χ1v) is 7.03. The van der Waals surface area contributed by atoms with Crippen molar-refractivity contribution in [2.45, 2.75) is 47.0 Å². The molecule has 0 radical (unpaired) electrons. The van der Waals surface area contributed by atoms with Crippen molar-refractivity contribution in [2.75, 3.05) is 0 Å². The van der Waals surface area contributed by atoms with Gasteiger partial charge in [-0.3, -0.25) is 4.79 Å². The Labute approximate surface area is 122 Å². The molecule has 1 rings (SSSR count). The standard InChI is InChI=1S/C18H24O2/c1-14(2)6-5-7-15(3)8-9-17-10-12-18(13-11-17)20-16(4)19/h6,8,10-13H,5,7,9H2,1-4H3/b15-8+. The predicted molar refractivity (Wildman–Crippen MR) is 83.9 cm³/mol. The van der Waals surface area contributed by atoms with E-state index in [4.69, 9.17) is 4.74 Å². The highest BCUT2D eigenvalue weighted by molar-refractivity contribution is 5.69. The monoisotopic (exact) mass is 272 g/mol. The fourth-order valence-electron chi connectivity index (χ4n) is 1.84. The molecule has 0 fully saturated rings. The van der Waals surface area contributed by atoms with Crippen LogP contribution in [0.15, 0.2) is 47.6 Å². The molecule has 0 atom stereocenters. The topological polar surface area (TPSA) is 26.3 Å². The van der Waals surface area contributed by atoms with Crippen molar-refractivity contribution in [2.24, 2.45) is 0 Å². The van der Waals surface area contributed by atoms with Gasteiger partial charge in [0.25, 0.3) is 0 Å². The molecule has 0 bridgehead atoms. The summed E-state index contributed by atoms with van der Waals surface area (Å²) in [6, 6.07) is 7.67. The van der Waals surface area contributed by atoms with Gasteiger partial charge in [-0.05, 0) is 57.7 Å². The van der Waals surface area contributed by atoms with Crippen molar-refractivity contribution >= 4 is 5.97 Å². The van der Waals surface area contributed by atoms with Crippen molar-refractivity contribution in [3.05, 3.63) is 53.1 Å². The summed E-state index contributed by atoms with van der Waals surface area (Å²) in [5.74, 6) is 0.318. The molecular weight excluding hydrogens is 248 g/mol. The fourth-order valence-corrected chi connectivity index (χ4v) is 1.84. The number of ether oxygens (including phenoxy) is 1. The SMILES string of the molecule is CC(=O)Oc1ccc(C/C=C(\C)CCC=C(C)C)cc1. The van der Waals surface area contributed by atoms with Gasteiger partial charge in [0.05, 0.1) is 0 Å². The number of carbonyl (C=O) groups is 1. The maximum atomic E-state index is 10.8. The maximum Gasteiger partial charge on any atom is 0.308 e. The van der Waals surface area contributed by atoms with E-state index < -0.39 is 0 Å². The van der Waals surface area contributed by atoms with Gasteiger partial charge in [0.2, 0.25) is 0 Å². The van der Waals surface area contributed by atoms with Crippen LogP contribution in [0.5, 0.6) is 5.75 Å². The normalized spacial score (nSPS) is 11.1. The van der Waals surface area contributed by atoms with E-state index in [2.05, 4.69) is 32.9 Å². The van der Waals surface area contributed by atoms with Crippen molar-refractivity contribution in [3.63, 3.8) is 0 Å². The van der Waals surface area contributed by atoms with E-state index in [0.717, 1.165) is 19.3 Å². The van der Waals surface area contributed by atoms with Gasteiger partial charge in [-0.1, -0.05) is 35.4 Å². The molecule has 0 unspecified atom stereocenters. The highest BCUT2D eigenvalue weighted by Crippen LogP contribution is 2.14. The molecule has 0 amide bonds. The second kappa shape index (κ2) is 8.36. The van der Waals surface area contributed by atoms with E-state index >= 15 is 0 Å². The first kappa shape index (κ1) is 16.2. The van der Waals surface area contributed by atoms with Gasteiger partial charge in [0.15, 0.2) is 0 Å². The zero-order valence-electron chi connectivity index (χ0n) is 12.9. The van der Waals surface area contributed by atoms with Gasteiger partial charge in [0, 0.05) is 6.92 Å². The Hall–Kier alpha value is -1.83. The number of esters is 1. The smallest absolute Gasteiger partial charge is 0.308 e. The summed E-state index contributed by atoms with van der Waals surface area (Å²) in [7, 11) is 0. The first-order chi connectivity index (χ1) is 9.47. The molecule has 1 aromatic carbocycles. The Balaban J connectivity index is 2.48. The molecular formula is C18H24O2. The number of hydrogen-bond donors (Lipinski definition) is 0. The van der Waals surface area contributed by atoms with Crippen molar-refractivity contribution < 1.29 is 9.53 Å². The lowest BCUT2D eigenvalue weighted by molar-refractivity contribution is -0.131. The van der Waals surface area contributed by atoms with Crippen LogP contribution in [-0.2, 0) is 11.2 Å². The molecule has 0 saturated heterocycles. The molecule has 0 heterocycles. The van der Waals surface area contributed by atoms with Crippen molar-refractivity contribution in [1.29, 1.82) is 0 Å². The maximum absolute atomic E-state index is 10.8. The zero-order valence-corrected chi connectivity index (χ0v) is 12.9. The Kier molecular flexibility index (Phi) is 6.78. The Morgan fingerprint density at radius 3 is 2.25 bits per heavy atom. The number of rotatable bonds is 6. The van der Waals surface area contributed by atoms with E-state index in [9.17, 15) is 4.79 Å². The number of hydrogen-bond acceptors (Lipinski definition) is 2. The van der Waals surface area contributed by atoms with Crippen molar-refractivity contribution in [3.8, 4) is 5.75 Å². The highest BCUT2D eigenvalue weighted by atomic mass is 16.5. The van der Waals surface area contributed by atoms with Crippen LogP contribution < -0.4 is 4.74 Å². The van der Waals surface area contributed by atoms with E-state index in [-0.39, 0.29) is 5.97 Å². The third-order valence-electron chi connectivity index (χ3n) is 2.96. The van der Waals surface area contributed by atoms with Gasteiger partial charge < -0.3 is 4.74 Å². The van der Waals surface area contributed by atoms with E-state index in [0.29, 0.717) is 5.75 Å². The second-order valence-corrected chi connectivity index (χ2v) is 5.31. The summed E-state index contributed by atoms with van der Waals surface area (Å²) in [6.07, 6.45) is 7.67. The average Bonchev–Trinajstić information content (AvgIpc) is 2.37. The third kappa shape index (κ3) is 6.93. The summed E-state index contributed by atoms with van der Waals surface area (Å²) in [5.41, 5.74) is 4.01. The number of benzene rings is 1.